The summed E-state index contributed by atoms with van der Waals surface area (Å²) in [4.78, 5) is 0. The molecule has 0 spiro atoms. The lowest BCUT2D eigenvalue weighted by atomic mass is 10.0. The summed E-state index contributed by atoms with van der Waals surface area (Å²) in [5.74, 6) is -0.163. The van der Waals surface area contributed by atoms with Crippen LogP contribution in [0.25, 0.3) is 0 Å². The summed E-state index contributed by atoms with van der Waals surface area (Å²) in [7, 11) is 3.32. The SMILES string of the molecule is COc1ccc(C(N)Cc2cc(C)nn2C)cc1F. The van der Waals surface area contributed by atoms with Crippen molar-refractivity contribution in [3.63, 3.8) is 0 Å². The number of methoxy groups -OCH3 is 1. The fourth-order valence-corrected chi connectivity index (χ4v) is 2.11. The highest BCUT2D eigenvalue weighted by Gasteiger charge is 2.13. The van der Waals surface area contributed by atoms with Crippen LogP contribution in [-0.4, -0.2) is 16.9 Å². The highest BCUT2D eigenvalue weighted by atomic mass is 19.1. The second-order valence-electron chi connectivity index (χ2n) is 4.61. The molecule has 1 unspecified atom stereocenters. The topological polar surface area (TPSA) is 53.1 Å². The second kappa shape index (κ2) is 5.40. The summed E-state index contributed by atoms with van der Waals surface area (Å²) in [6.45, 7) is 1.93. The van der Waals surface area contributed by atoms with Gasteiger partial charge in [-0.1, -0.05) is 6.07 Å². The Morgan fingerprint density at radius 3 is 2.68 bits per heavy atom. The van der Waals surface area contributed by atoms with E-state index in [4.69, 9.17) is 10.5 Å². The minimum Gasteiger partial charge on any atom is -0.494 e. The largest absolute Gasteiger partial charge is 0.494 e. The van der Waals surface area contributed by atoms with Crippen LogP contribution in [0, 0.1) is 12.7 Å². The van der Waals surface area contributed by atoms with Crippen LogP contribution in [0.1, 0.15) is 23.0 Å². The number of nitrogens with two attached hydrogens (primary N) is 1. The van der Waals surface area contributed by atoms with Gasteiger partial charge in [-0.05, 0) is 30.7 Å². The van der Waals surface area contributed by atoms with E-state index >= 15 is 0 Å². The smallest absolute Gasteiger partial charge is 0.165 e. The van der Waals surface area contributed by atoms with Gasteiger partial charge in [0.05, 0.1) is 12.8 Å². The molecule has 5 heteroatoms. The van der Waals surface area contributed by atoms with Crippen molar-refractivity contribution in [1.29, 1.82) is 0 Å². The number of halogens is 1. The molecule has 0 radical (unpaired) electrons. The number of benzene rings is 1. The Balaban J connectivity index is 2.18. The number of ether oxygens (including phenoxy) is 1. The molecule has 0 amide bonds. The Morgan fingerprint density at radius 1 is 1.42 bits per heavy atom. The van der Waals surface area contributed by atoms with Crippen LogP contribution >= 0.6 is 0 Å². The van der Waals surface area contributed by atoms with E-state index in [1.165, 1.54) is 13.2 Å². The predicted molar refractivity (Wildman–Crippen MR) is 71.5 cm³/mol. The van der Waals surface area contributed by atoms with Crippen molar-refractivity contribution in [2.45, 2.75) is 19.4 Å². The third-order valence-corrected chi connectivity index (χ3v) is 3.13. The quantitative estimate of drug-likeness (QED) is 0.919. The lowest BCUT2D eigenvalue weighted by Crippen LogP contribution is -2.15. The Morgan fingerprint density at radius 2 is 2.16 bits per heavy atom. The van der Waals surface area contributed by atoms with Crippen LogP contribution in [0.2, 0.25) is 0 Å². The normalized spacial score (nSPS) is 12.5. The first-order chi connectivity index (χ1) is 9.01. The van der Waals surface area contributed by atoms with Gasteiger partial charge in [0, 0.05) is 25.2 Å². The molecule has 0 aliphatic rings. The van der Waals surface area contributed by atoms with Crippen molar-refractivity contribution < 1.29 is 9.13 Å². The van der Waals surface area contributed by atoms with Gasteiger partial charge in [0.15, 0.2) is 11.6 Å². The van der Waals surface area contributed by atoms with E-state index in [-0.39, 0.29) is 11.8 Å². The summed E-state index contributed by atoms with van der Waals surface area (Å²) in [6.07, 6.45) is 0.614. The van der Waals surface area contributed by atoms with Gasteiger partial charge >= 0.3 is 0 Å². The zero-order valence-electron chi connectivity index (χ0n) is 11.4. The van der Waals surface area contributed by atoms with Crippen LogP contribution < -0.4 is 10.5 Å². The standard InChI is InChI=1S/C14H18FN3O/c1-9-6-11(18(2)17-9)8-13(16)10-4-5-14(19-3)12(15)7-10/h4-7,13H,8,16H2,1-3H3. The summed E-state index contributed by atoms with van der Waals surface area (Å²) >= 11 is 0. The maximum absolute atomic E-state index is 13.6. The highest BCUT2D eigenvalue weighted by Crippen LogP contribution is 2.23. The third kappa shape index (κ3) is 2.93. The van der Waals surface area contributed by atoms with E-state index in [1.54, 1.807) is 16.8 Å². The minimum absolute atomic E-state index is 0.229. The van der Waals surface area contributed by atoms with Crippen molar-refractivity contribution in [2.75, 3.05) is 7.11 Å². The Kier molecular flexibility index (Phi) is 3.85. The molecule has 2 N–H and O–H groups in total. The molecule has 0 saturated carbocycles. The van der Waals surface area contributed by atoms with Crippen molar-refractivity contribution in [3.05, 3.63) is 47.0 Å². The monoisotopic (exact) mass is 263 g/mol. The maximum atomic E-state index is 13.6. The number of nitrogens with zero attached hydrogens (tertiary/aromatic N) is 2. The minimum atomic E-state index is -0.392. The fraction of sp³-hybridized carbons (Fsp3) is 0.357. The first kappa shape index (κ1) is 13.5. The maximum Gasteiger partial charge on any atom is 0.165 e. The van der Waals surface area contributed by atoms with Gasteiger partial charge in [-0.25, -0.2) is 4.39 Å². The average Bonchev–Trinajstić information content (AvgIpc) is 2.67. The fourth-order valence-electron chi connectivity index (χ4n) is 2.11. The van der Waals surface area contributed by atoms with Gasteiger partial charge in [0.25, 0.3) is 0 Å². The van der Waals surface area contributed by atoms with Crippen LogP contribution in [0.3, 0.4) is 0 Å². The number of hydrogen-bond acceptors (Lipinski definition) is 3. The summed E-state index contributed by atoms with van der Waals surface area (Å²) in [5.41, 5.74) is 8.84. The van der Waals surface area contributed by atoms with Gasteiger partial charge in [-0.15, -0.1) is 0 Å². The van der Waals surface area contributed by atoms with Gasteiger partial charge in [-0.2, -0.15) is 5.10 Å². The van der Waals surface area contributed by atoms with Crippen molar-refractivity contribution in [3.8, 4) is 5.75 Å². The van der Waals surface area contributed by atoms with Crippen LogP contribution in [0.15, 0.2) is 24.3 Å². The number of aryl methyl sites for hydroxylation is 2. The molecule has 1 heterocycles. The van der Waals surface area contributed by atoms with Gasteiger partial charge in [0.1, 0.15) is 0 Å². The van der Waals surface area contributed by atoms with E-state index in [0.717, 1.165) is 17.0 Å². The molecular formula is C14H18FN3O. The molecule has 1 aromatic heterocycles. The lowest BCUT2D eigenvalue weighted by molar-refractivity contribution is 0.386. The second-order valence-corrected chi connectivity index (χ2v) is 4.61. The molecule has 19 heavy (non-hydrogen) atoms. The highest BCUT2D eigenvalue weighted by molar-refractivity contribution is 5.31. The number of aromatic nitrogens is 2. The molecule has 1 aromatic carbocycles. The molecule has 2 aromatic rings. The number of hydrogen-bond donors (Lipinski definition) is 1. The molecule has 0 aliphatic heterocycles. The third-order valence-electron chi connectivity index (χ3n) is 3.13. The van der Waals surface area contributed by atoms with Gasteiger partial charge in [-0.3, -0.25) is 4.68 Å². The first-order valence-electron chi connectivity index (χ1n) is 6.09. The molecule has 0 bridgehead atoms. The molecule has 1 atom stereocenters. The molecule has 4 nitrogen and oxygen atoms in total. The average molecular weight is 263 g/mol. The van der Waals surface area contributed by atoms with Gasteiger partial charge < -0.3 is 10.5 Å². The van der Waals surface area contributed by atoms with Crippen LogP contribution in [-0.2, 0) is 13.5 Å². The van der Waals surface area contributed by atoms with Crippen molar-refractivity contribution in [1.82, 2.24) is 9.78 Å². The van der Waals surface area contributed by atoms with E-state index in [1.807, 2.05) is 20.0 Å². The Labute approximate surface area is 112 Å². The molecule has 0 aliphatic carbocycles. The molecule has 102 valence electrons. The molecule has 2 rings (SSSR count). The Bertz CT molecular complexity index is 580. The van der Waals surface area contributed by atoms with Crippen LogP contribution in [0.4, 0.5) is 4.39 Å². The van der Waals surface area contributed by atoms with Crippen LogP contribution in [0.5, 0.6) is 5.75 Å². The Hall–Kier alpha value is -1.88. The van der Waals surface area contributed by atoms with E-state index in [2.05, 4.69) is 5.10 Å². The van der Waals surface area contributed by atoms with E-state index in [0.29, 0.717) is 6.42 Å². The zero-order chi connectivity index (χ0) is 14.0. The predicted octanol–water partition coefficient (Wildman–Crippen LogP) is 2.12. The van der Waals surface area contributed by atoms with Crippen molar-refractivity contribution in [2.24, 2.45) is 12.8 Å². The molecule has 0 saturated heterocycles. The zero-order valence-corrected chi connectivity index (χ0v) is 11.4. The summed E-state index contributed by atoms with van der Waals surface area (Å²) in [5, 5.41) is 4.27. The summed E-state index contributed by atoms with van der Waals surface area (Å²) in [6, 6.07) is 6.52. The number of rotatable bonds is 4. The first-order valence-corrected chi connectivity index (χ1v) is 6.09. The van der Waals surface area contributed by atoms with E-state index in [9.17, 15) is 4.39 Å². The molecular weight excluding hydrogens is 245 g/mol. The molecule has 0 fully saturated rings. The lowest BCUT2D eigenvalue weighted by Gasteiger charge is -2.13. The van der Waals surface area contributed by atoms with Gasteiger partial charge in [0.2, 0.25) is 0 Å². The summed E-state index contributed by atoms with van der Waals surface area (Å²) < 4.78 is 20.3. The van der Waals surface area contributed by atoms with E-state index < -0.39 is 5.82 Å². The van der Waals surface area contributed by atoms with Crippen molar-refractivity contribution >= 4 is 0 Å².